The Balaban J connectivity index is 1.99. The predicted molar refractivity (Wildman–Crippen MR) is 76.6 cm³/mol. The molecule has 0 spiro atoms. The van der Waals surface area contributed by atoms with Gasteiger partial charge in [0, 0.05) is 20.8 Å². The van der Waals surface area contributed by atoms with Gasteiger partial charge in [0.2, 0.25) is 5.91 Å². The number of nitrogens with one attached hydrogen (secondary N) is 1. The number of hydrogen-bond acceptors (Lipinski definition) is 5. The Labute approximate surface area is 125 Å². The van der Waals surface area contributed by atoms with Gasteiger partial charge >= 0.3 is 0 Å². The summed E-state index contributed by atoms with van der Waals surface area (Å²) in [5, 5.41) is 11.1. The molecule has 1 aliphatic carbocycles. The number of carbonyl (C=O) groups is 1. The molecule has 21 heavy (non-hydrogen) atoms. The molecule has 1 aliphatic rings. The van der Waals surface area contributed by atoms with Crippen LogP contribution in [-0.2, 0) is 20.8 Å². The number of nitrogens with zero attached hydrogens (tertiary/aromatic N) is 3. The first-order valence-corrected chi connectivity index (χ1v) is 7.29. The smallest absolute Gasteiger partial charge is 0.229 e. The van der Waals surface area contributed by atoms with E-state index < -0.39 is 0 Å². The van der Waals surface area contributed by atoms with E-state index in [1.54, 1.807) is 20.5 Å². The molecule has 7 heteroatoms. The number of carbonyl (C=O) groups excluding carboxylic acids is 1. The van der Waals surface area contributed by atoms with Crippen LogP contribution in [0.4, 0.5) is 0 Å². The molecule has 1 atom stereocenters. The average molecular weight is 296 g/mol. The number of hydrogen-bond donors (Lipinski definition) is 1. The fourth-order valence-corrected chi connectivity index (χ4v) is 2.69. The minimum Gasteiger partial charge on any atom is -0.384 e. The van der Waals surface area contributed by atoms with Crippen LogP contribution in [0.1, 0.15) is 38.1 Å². The lowest BCUT2D eigenvalue weighted by Crippen LogP contribution is -2.49. The van der Waals surface area contributed by atoms with E-state index in [2.05, 4.69) is 15.5 Å². The summed E-state index contributed by atoms with van der Waals surface area (Å²) in [6.45, 7) is 3.65. The molecular weight excluding hydrogens is 272 g/mol. The largest absolute Gasteiger partial charge is 0.384 e. The maximum absolute atomic E-state index is 12.5. The van der Waals surface area contributed by atoms with Gasteiger partial charge in [-0.2, -0.15) is 0 Å². The lowest BCUT2D eigenvalue weighted by molar-refractivity contribution is -0.141. The van der Waals surface area contributed by atoms with Crippen molar-refractivity contribution in [2.45, 2.75) is 38.8 Å². The van der Waals surface area contributed by atoms with Crippen LogP contribution in [0.2, 0.25) is 0 Å². The number of aromatic nitrogens is 3. The van der Waals surface area contributed by atoms with E-state index in [1.807, 2.05) is 11.5 Å². The molecule has 1 N–H and O–H groups in total. The predicted octanol–water partition coefficient (Wildman–Crippen LogP) is 0.918. The SMILES string of the molecule is COCCn1cnnc1[C@H](C)NC(=O)C1(COC)CCC1. The Kier molecular flexibility index (Phi) is 5.30. The van der Waals surface area contributed by atoms with Crippen molar-refractivity contribution < 1.29 is 14.3 Å². The molecular formula is C14H24N4O3. The van der Waals surface area contributed by atoms with Crippen LogP contribution in [0.3, 0.4) is 0 Å². The molecule has 1 amide bonds. The first-order valence-electron chi connectivity index (χ1n) is 7.29. The topological polar surface area (TPSA) is 78.3 Å². The zero-order chi connectivity index (χ0) is 15.3. The van der Waals surface area contributed by atoms with Crippen molar-refractivity contribution in [3.63, 3.8) is 0 Å². The third-order valence-corrected chi connectivity index (χ3v) is 4.13. The Morgan fingerprint density at radius 2 is 2.24 bits per heavy atom. The molecule has 7 nitrogen and oxygen atoms in total. The summed E-state index contributed by atoms with van der Waals surface area (Å²) >= 11 is 0. The molecule has 1 heterocycles. The summed E-state index contributed by atoms with van der Waals surface area (Å²) in [5.74, 6) is 0.789. The van der Waals surface area contributed by atoms with E-state index in [-0.39, 0.29) is 17.4 Å². The number of methoxy groups -OCH3 is 2. The van der Waals surface area contributed by atoms with Gasteiger partial charge in [0.25, 0.3) is 0 Å². The zero-order valence-electron chi connectivity index (χ0n) is 13.0. The molecule has 0 bridgehead atoms. The number of ether oxygens (including phenoxy) is 2. The first kappa shape index (κ1) is 15.9. The second kappa shape index (κ2) is 7.00. The van der Waals surface area contributed by atoms with Crippen LogP contribution in [-0.4, -0.2) is 48.1 Å². The molecule has 1 aromatic heterocycles. The van der Waals surface area contributed by atoms with Crippen molar-refractivity contribution in [1.82, 2.24) is 20.1 Å². The molecule has 0 saturated heterocycles. The second-order valence-electron chi connectivity index (χ2n) is 5.64. The van der Waals surface area contributed by atoms with Crippen molar-refractivity contribution in [3.05, 3.63) is 12.2 Å². The van der Waals surface area contributed by atoms with Crippen molar-refractivity contribution in [2.24, 2.45) is 5.41 Å². The summed E-state index contributed by atoms with van der Waals surface area (Å²) in [7, 11) is 3.29. The molecule has 0 unspecified atom stereocenters. The van der Waals surface area contributed by atoms with Gasteiger partial charge in [0.05, 0.1) is 24.7 Å². The summed E-state index contributed by atoms with van der Waals surface area (Å²) < 4.78 is 12.2. The summed E-state index contributed by atoms with van der Waals surface area (Å²) in [6, 6.07) is -0.189. The summed E-state index contributed by atoms with van der Waals surface area (Å²) in [6.07, 6.45) is 4.51. The highest BCUT2D eigenvalue weighted by molar-refractivity contribution is 5.84. The highest BCUT2D eigenvalue weighted by Gasteiger charge is 2.44. The van der Waals surface area contributed by atoms with Crippen LogP contribution < -0.4 is 5.32 Å². The van der Waals surface area contributed by atoms with Crippen LogP contribution in [0, 0.1) is 5.41 Å². The van der Waals surface area contributed by atoms with Crippen molar-refractivity contribution in [1.29, 1.82) is 0 Å². The Bertz CT molecular complexity index is 471. The third-order valence-electron chi connectivity index (χ3n) is 4.13. The quantitative estimate of drug-likeness (QED) is 0.771. The van der Waals surface area contributed by atoms with E-state index in [4.69, 9.17) is 9.47 Å². The van der Waals surface area contributed by atoms with Crippen molar-refractivity contribution in [3.8, 4) is 0 Å². The molecule has 0 aliphatic heterocycles. The van der Waals surface area contributed by atoms with Gasteiger partial charge in [-0.3, -0.25) is 4.79 Å². The maximum Gasteiger partial charge on any atom is 0.229 e. The van der Waals surface area contributed by atoms with Gasteiger partial charge in [0.15, 0.2) is 5.82 Å². The normalized spacial score (nSPS) is 18.0. The second-order valence-corrected chi connectivity index (χ2v) is 5.64. The van der Waals surface area contributed by atoms with Gasteiger partial charge in [0.1, 0.15) is 6.33 Å². The highest BCUT2D eigenvalue weighted by Crippen LogP contribution is 2.41. The lowest BCUT2D eigenvalue weighted by Gasteiger charge is -2.40. The number of rotatable bonds is 8. The van der Waals surface area contributed by atoms with Crippen molar-refractivity contribution in [2.75, 3.05) is 27.4 Å². The molecule has 2 rings (SSSR count). The zero-order valence-corrected chi connectivity index (χ0v) is 13.0. The van der Waals surface area contributed by atoms with Gasteiger partial charge in [-0.15, -0.1) is 10.2 Å². The van der Waals surface area contributed by atoms with E-state index in [0.29, 0.717) is 19.8 Å². The standard InChI is InChI=1S/C14H24N4O3/c1-11(12-17-15-10-18(12)7-8-20-2)16-13(19)14(9-21-3)5-4-6-14/h10-11H,4-9H2,1-3H3,(H,16,19)/t11-/m0/s1. The Morgan fingerprint density at radius 1 is 1.48 bits per heavy atom. The fourth-order valence-electron chi connectivity index (χ4n) is 2.69. The minimum absolute atomic E-state index is 0.0457. The van der Waals surface area contributed by atoms with Gasteiger partial charge in [-0.25, -0.2) is 0 Å². The lowest BCUT2D eigenvalue weighted by atomic mass is 9.68. The van der Waals surface area contributed by atoms with Gasteiger partial charge in [-0.1, -0.05) is 6.42 Å². The number of amides is 1. The van der Waals surface area contributed by atoms with Crippen LogP contribution >= 0.6 is 0 Å². The molecule has 1 fully saturated rings. The fraction of sp³-hybridized carbons (Fsp3) is 0.786. The highest BCUT2D eigenvalue weighted by atomic mass is 16.5. The Hall–Kier alpha value is -1.47. The minimum atomic E-state index is -0.361. The first-order chi connectivity index (χ1) is 10.1. The van der Waals surface area contributed by atoms with Crippen LogP contribution in [0.5, 0.6) is 0 Å². The van der Waals surface area contributed by atoms with Crippen LogP contribution in [0.25, 0.3) is 0 Å². The van der Waals surface area contributed by atoms with E-state index in [1.165, 1.54) is 0 Å². The maximum atomic E-state index is 12.5. The monoisotopic (exact) mass is 296 g/mol. The van der Waals surface area contributed by atoms with Crippen LogP contribution in [0.15, 0.2) is 6.33 Å². The van der Waals surface area contributed by atoms with E-state index >= 15 is 0 Å². The summed E-state index contributed by atoms with van der Waals surface area (Å²) in [5.41, 5.74) is -0.361. The molecule has 118 valence electrons. The molecule has 1 aromatic rings. The average Bonchev–Trinajstić information content (AvgIpc) is 2.88. The van der Waals surface area contributed by atoms with E-state index in [9.17, 15) is 4.79 Å². The van der Waals surface area contributed by atoms with Crippen molar-refractivity contribution >= 4 is 5.91 Å². The molecule has 0 aromatic carbocycles. The molecule has 0 radical (unpaired) electrons. The van der Waals surface area contributed by atoms with E-state index in [0.717, 1.165) is 25.1 Å². The van der Waals surface area contributed by atoms with Gasteiger partial charge in [-0.05, 0) is 19.8 Å². The van der Waals surface area contributed by atoms with Gasteiger partial charge < -0.3 is 19.4 Å². The third kappa shape index (κ3) is 3.41. The summed E-state index contributed by atoms with van der Waals surface area (Å²) in [4.78, 5) is 12.5. The Morgan fingerprint density at radius 3 is 2.81 bits per heavy atom. The molecule has 1 saturated carbocycles.